The number of benzene rings is 11. The number of nitrogens with zero attached hydrogens (tertiary/aromatic N) is 3. The smallest absolute Gasteiger partial charge is 0.252 e. The third kappa shape index (κ3) is 7.07. The highest BCUT2D eigenvalue weighted by Gasteiger charge is 2.44. The molecule has 0 N–H and O–H groups in total. The molecular weight excluding hydrogens is 898 g/mol. The minimum Gasteiger partial charge on any atom is -0.456 e. The van der Waals surface area contributed by atoms with Gasteiger partial charge in [-0.3, -0.25) is 0 Å². The zero-order chi connectivity index (χ0) is 49.4. The molecule has 1 aromatic heterocycles. The van der Waals surface area contributed by atoms with Crippen LogP contribution in [0, 0.1) is 20.8 Å². The van der Waals surface area contributed by atoms with E-state index in [1.54, 1.807) is 0 Å². The molecule has 0 saturated heterocycles. The van der Waals surface area contributed by atoms with Crippen molar-refractivity contribution in [2.24, 2.45) is 0 Å². The lowest BCUT2D eigenvalue weighted by Crippen LogP contribution is -2.61. The van der Waals surface area contributed by atoms with Crippen LogP contribution in [0.25, 0.3) is 55.3 Å². The predicted molar refractivity (Wildman–Crippen MR) is 313 cm³/mol. The maximum absolute atomic E-state index is 6.38. The molecule has 4 nitrogen and oxygen atoms in total. The van der Waals surface area contributed by atoms with Gasteiger partial charge >= 0.3 is 0 Å². The molecule has 0 unspecified atom stereocenters. The van der Waals surface area contributed by atoms with Gasteiger partial charge in [-0.05, 0) is 166 Å². The van der Waals surface area contributed by atoms with E-state index in [2.05, 4.69) is 278 Å². The first-order valence-corrected chi connectivity index (χ1v) is 25.6. The maximum Gasteiger partial charge on any atom is 0.252 e. The molecule has 14 rings (SSSR count). The summed E-state index contributed by atoms with van der Waals surface area (Å²) in [5.41, 5.74) is 26.6. The first-order chi connectivity index (χ1) is 36.4. The lowest BCUT2D eigenvalue weighted by Gasteiger charge is -2.45. The van der Waals surface area contributed by atoms with Gasteiger partial charge in [-0.15, -0.1) is 0 Å². The number of hydrogen-bond acceptors (Lipinski definition) is 4. The van der Waals surface area contributed by atoms with Gasteiger partial charge in [0.15, 0.2) is 0 Å². The summed E-state index contributed by atoms with van der Waals surface area (Å²) in [7, 11) is 0. The highest BCUT2D eigenvalue weighted by atomic mass is 16.3. The van der Waals surface area contributed by atoms with Crippen molar-refractivity contribution in [1.29, 1.82) is 0 Å². The van der Waals surface area contributed by atoms with E-state index in [0.717, 1.165) is 67.2 Å². The SMILES string of the molecule is Cc1cc2c3c(c1)N(c1ccc(-c4cccc5oc6ccccc6c45)cc1)c1cc(N(c4ccccc4C)c4ccccc4C)ccc1B3c1cc(-c3ccccc3)ccc1N2c1ccc(-c2ccccc2)cc1. The summed E-state index contributed by atoms with van der Waals surface area (Å²) >= 11 is 0. The lowest BCUT2D eigenvalue weighted by molar-refractivity contribution is 0.669. The largest absolute Gasteiger partial charge is 0.456 e. The second-order valence-corrected chi connectivity index (χ2v) is 19.8. The van der Waals surface area contributed by atoms with Crippen molar-refractivity contribution in [3.05, 3.63) is 265 Å². The Bertz CT molecular complexity index is 4080. The van der Waals surface area contributed by atoms with Crippen LogP contribution in [-0.4, -0.2) is 6.71 Å². The molecule has 0 radical (unpaired) electrons. The normalized spacial score (nSPS) is 12.4. The number of rotatable bonds is 8. The molecule has 11 aromatic carbocycles. The fourth-order valence-electron chi connectivity index (χ4n) is 11.9. The van der Waals surface area contributed by atoms with E-state index in [9.17, 15) is 0 Å². The Labute approximate surface area is 432 Å². The molecule has 0 spiro atoms. The molecule has 0 amide bonds. The molecule has 12 aromatic rings. The molecule has 3 heterocycles. The molecule has 0 atom stereocenters. The molecule has 0 aliphatic carbocycles. The van der Waals surface area contributed by atoms with Crippen LogP contribution in [0.2, 0.25) is 0 Å². The summed E-state index contributed by atoms with van der Waals surface area (Å²) in [6.07, 6.45) is 0. The van der Waals surface area contributed by atoms with E-state index in [-0.39, 0.29) is 6.71 Å². The van der Waals surface area contributed by atoms with Crippen molar-refractivity contribution in [2.75, 3.05) is 14.7 Å². The van der Waals surface area contributed by atoms with E-state index in [1.807, 2.05) is 6.07 Å². The number of fused-ring (bicyclic) bond motifs is 7. The first kappa shape index (κ1) is 43.5. The van der Waals surface area contributed by atoms with Crippen molar-refractivity contribution < 1.29 is 4.42 Å². The summed E-state index contributed by atoms with van der Waals surface area (Å²) in [5, 5.41) is 2.26. The first-order valence-electron chi connectivity index (χ1n) is 25.6. The monoisotopic (exact) mass is 947 g/mol. The van der Waals surface area contributed by atoms with Crippen molar-refractivity contribution in [3.8, 4) is 33.4 Å². The van der Waals surface area contributed by atoms with Crippen LogP contribution in [0.4, 0.5) is 51.2 Å². The van der Waals surface area contributed by atoms with Gasteiger partial charge in [0, 0.05) is 62.0 Å². The van der Waals surface area contributed by atoms with Gasteiger partial charge in [0.1, 0.15) is 11.2 Å². The van der Waals surface area contributed by atoms with Gasteiger partial charge in [0.25, 0.3) is 6.71 Å². The molecule has 0 saturated carbocycles. The van der Waals surface area contributed by atoms with E-state index in [4.69, 9.17) is 4.42 Å². The fraction of sp³-hybridized carbons (Fsp3) is 0.0435. The minimum atomic E-state index is -0.0731. The van der Waals surface area contributed by atoms with Crippen LogP contribution >= 0.6 is 0 Å². The topological polar surface area (TPSA) is 22.9 Å². The summed E-state index contributed by atoms with van der Waals surface area (Å²) in [6.45, 7) is 6.60. The fourth-order valence-corrected chi connectivity index (χ4v) is 11.9. The minimum absolute atomic E-state index is 0.0731. The van der Waals surface area contributed by atoms with E-state index < -0.39 is 0 Å². The van der Waals surface area contributed by atoms with Crippen molar-refractivity contribution in [2.45, 2.75) is 20.8 Å². The second kappa shape index (κ2) is 17.5. The van der Waals surface area contributed by atoms with Crippen LogP contribution in [0.15, 0.2) is 253 Å². The Morgan fingerprint density at radius 1 is 0.378 bits per heavy atom. The Kier molecular flexibility index (Phi) is 10.3. The van der Waals surface area contributed by atoms with E-state index in [0.29, 0.717) is 0 Å². The molecular formula is C69H50BN3O. The third-order valence-electron chi connectivity index (χ3n) is 15.3. The van der Waals surface area contributed by atoms with Gasteiger partial charge in [-0.25, -0.2) is 0 Å². The van der Waals surface area contributed by atoms with Crippen LogP contribution in [-0.2, 0) is 0 Å². The van der Waals surface area contributed by atoms with Crippen molar-refractivity contribution >= 4 is 96.2 Å². The van der Waals surface area contributed by atoms with Gasteiger partial charge in [0.2, 0.25) is 0 Å². The Morgan fingerprint density at radius 3 is 1.58 bits per heavy atom. The third-order valence-corrected chi connectivity index (χ3v) is 15.3. The van der Waals surface area contributed by atoms with Crippen molar-refractivity contribution in [1.82, 2.24) is 0 Å². The zero-order valence-electron chi connectivity index (χ0n) is 41.5. The summed E-state index contributed by atoms with van der Waals surface area (Å²) in [5.74, 6) is 0. The molecule has 74 heavy (non-hydrogen) atoms. The highest BCUT2D eigenvalue weighted by Crippen LogP contribution is 2.48. The van der Waals surface area contributed by atoms with Crippen LogP contribution < -0.4 is 31.1 Å². The number of anilines is 9. The van der Waals surface area contributed by atoms with Gasteiger partial charge in [-0.1, -0.05) is 170 Å². The molecule has 2 aliphatic rings. The van der Waals surface area contributed by atoms with E-state index >= 15 is 0 Å². The molecule has 2 aliphatic heterocycles. The standard InChI is InChI=1S/C69H50BN3O/c1-45-41-64-69-65(42-45)72(54-36-31-51(32-37-54)56-24-16-28-67-68(56)57-23-12-15-27-66(57)74-67)63-44-55(73(60-25-13-10-17-46(60)2)61-26-14-11-18-47(61)3)38-39-58(63)70(69)59-43-52(49-21-8-5-9-22-49)33-40-62(59)71(64)53-34-29-50(30-35-53)48-19-6-4-7-20-48/h4-44H,1-3H3. The average Bonchev–Trinajstić information content (AvgIpc) is 3.92. The highest BCUT2D eigenvalue weighted by molar-refractivity contribution is 7.00. The lowest BCUT2D eigenvalue weighted by atomic mass is 9.33. The zero-order valence-corrected chi connectivity index (χ0v) is 41.5. The second-order valence-electron chi connectivity index (χ2n) is 19.8. The number of hydrogen-bond donors (Lipinski definition) is 0. The molecule has 0 bridgehead atoms. The van der Waals surface area contributed by atoms with Crippen LogP contribution in [0.3, 0.4) is 0 Å². The Balaban J connectivity index is 1.02. The van der Waals surface area contributed by atoms with Crippen LogP contribution in [0.1, 0.15) is 16.7 Å². The van der Waals surface area contributed by atoms with Crippen LogP contribution in [0.5, 0.6) is 0 Å². The Hall–Kier alpha value is -9.32. The number of aryl methyl sites for hydroxylation is 3. The number of furan rings is 1. The quantitative estimate of drug-likeness (QED) is 0.142. The molecule has 350 valence electrons. The average molecular weight is 948 g/mol. The van der Waals surface area contributed by atoms with Crippen molar-refractivity contribution in [3.63, 3.8) is 0 Å². The summed E-state index contributed by atoms with van der Waals surface area (Å²) in [4.78, 5) is 7.49. The van der Waals surface area contributed by atoms with Gasteiger partial charge in [-0.2, -0.15) is 0 Å². The molecule has 0 fully saturated rings. The number of para-hydroxylation sites is 3. The molecule has 5 heteroatoms. The van der Waals surface area contributed by atoms with E-state index in [1.165, 1.54) is 72.4 Å². The predicted octanol–water partition coefficient (Wildman–Crippen LogP) is 17.1. The Morgan fingerprint density at radius 2 is 0.919 bits per heavy atom. The summed E-state index contributed by atoms with van der Waals surface area (Å²) < 4.78 is 6.38. The van der Waals surface area contributed by atoms with Gasteiger partial charge in [0.05, 0.1) is 0 Å². The maximum atomic E-state index is 6.38. The van der Waals surface area contributed by atoms with Gasteiger partial charge < -0.3 is 19.1 Å². The summed E-state index contributed by atoms with van der Waals surface area (Å²) in [6, 6.07) is 91.2.